The second-order valence-corrected chi connectivity index (χ2v) is 5.37. The Balaban J connectivity index is 2.92. The van der Waals surface area contributed by atoms with E-state index in [1.165, 1.54) is 12.1 Å². The topological polar surface area (TPSA) is 96.3 Å². The van der Waals surface area contributed by atoms with Crippen molar-refractivity contribution in [3.05, 3.63) is 28.3 Å². The molecule has 0 heterocycles. The summed E-state index contributed by atoms with van der Waals surface area (Å²) in [6.07, 6.45) is 0. The molecule has 0 fully saturated rings. The molecular formula is C14H22N4O3. The lowest BCUT2D eigenvalue weighted by atomic mass is 9.92. The molecule has 116 valence electrons. The van der Waals surface area contributed by atoms with Gasteiger partial charge in [0.25, 0.3) is 5.69 Å². The summed E-state index contributed by atoms with van der Waals surface area (Å²) in [6.45, 7) is 6.58. The summed E-state index contributed by atoms with van der Waals surface area (Å²) in [7, 11) is 1.58. The monoisotopic (exact) mass is 294 g/mol. The number of amides is 1. The van der Waals surface area contributed by atoms with Crippen LogP contribution in [0.3, 0.4) is 0 Å². The molecule has 3 N–H and O–H groups in total. The van der Waals surface area contributed by atoms with E-state index in [2.05, 4.69) is 16.0 Å². The number of carbonyl (C=O) groups excluding carboxylic acids is 1. The minimum absolute atomic E-state index is 0.00805. The zero-order valence-electron chi connectivity index (χ0n) is 12.8. The summed E-state index contributed by atoms with van der Waals surface area (Å²) in [5.41, 5.74) is 0.676. The van der Waals surface area contributed by atoms with Crippen molar-refractivity contribution < 1.29 is 9.72 Å². The maximum absolute atomic E-state index is 11.7. The molecule has 0 spiro atoms. The van der Waals surface area contributed by atoms with Crippen molar-refractivity contribution in [2.75, 3.05) is 30.8 Å². The van der Waals surface area contributed by atoms with Crippen LogP contribution in [0.1, 0.15) is 20.8 Å². The summed E-state index contributed by atoms with van der Waals surface area (Å²) in [4.78, 5) is 22.2. The van der Waals surface area contributed by atoms with Gasteiger partial charge in [-0.15, -0.1) is 0 Å². The summed E-state index contributed by atoms with van der Waals surface area (Å²) in [6, 6.07) is 4.73. The molecule has 1 aromatic carbocycles. The first-order valence-electron chi connectivity index (χ1n) is 6.79. The predicted molar refractivity (Wildman–Crippen MR) is 83.6 cm³/mol. The third-order valence-electron chi connectivity index (χ3n) is 3.09. The zero-order valence-corrected chi connectivity index (χ0v) is 12.8. The van der Waals surface area contributed by atoms with E-state index in [9.17, 15) is 14.9 Å². The molecule has 7 nitrogen and oxygen atoms in total. The number of nitro groups is 1. The van der Waals surface area contributed by atoms with E-state index in [0.29, 0.717) is 24.5 Å². The van der Waals surface area contributed by atoms with Crippen LogP contribution in [0.25, 0.3) is 0 Å². The van der Waals surface area contributed by atoms with E-state index < -0.39 is 10.3 Å². The fourth-order valence-corrected chi connectivity index (χ4v) is 1.87. The van der Waals surface area contributed by atoms with Gasteiger partial charge in [0.15, 0.2) is 0 Å². The lowest BCUT2D eigenvalue weighted by Gasteiger charge is -2.23. The number of nitro benzene ring substituents is 1. The molecule has 0 atom stereocenters. The van der Waals surface area contributed by atoms with Crippen LogP contribution in [0, 0.1) is 15.5 Å². The molecular weight excluding hydrogens is 272 g/mol. The van der Waals surface area contributed by atoms with Crippen LogP contribution in [-0.2, 0) is 4.79 Å². The van der Waals surface area contributed by atoms with Gasteiger partial charge in [0, 0.05) is 43.6 Å². The molecule has 21 heavy (non-hydrogen) atoms. The van der Waals surface area contributed by atoms with Crippen molar-refractivity contribution in [2.24, 2.45) is 5.41 Å². The van der Waals surface area contributed by atoms with Crippen molar-refractivity contribution in [3.63, 3.8) is 0 Å². The fourth-order valence-electron chi connectivity index (χ4n) is 1.87. The van der Waals surface area contributed by atoms with Crippen molar-refractivity contribution in [3.8, 4) is 0 Å². The van der Waals surface area contributed by atoms with Gasteiger partial charge in [0.2, 0.25) is 5.91 Å². The van der Waals surface area contributed by atoms with Gasteiger partial charge in [-0.2, -0.15) is 0 Å². The molecule has 1 rings (SSSR count). The van der Waals surface area contributed by atoms with Gasteiger partial charge in [-0.25, -0.2) is 0 Å². The normalized spacial score (nSPS) is 10.9. The minimum Gasteiger partial charge on any atom is -0.385 e. The first-order valence-corrected chi connectivity index (χ1v) is 6.79. The Labute approximate surface area is 124 Å². The van der Waals surface area contributed by atoms with Crippen LogP contribution >= 0.6 is 0 Å². The number of benzene rings is 1. The van der Waals surface area contributed by atoms with E-state index in [-0.39, 0.29) is 11.6 Å². The number of nitrogens with zero attached hydrogens (tertiary/aromatic N) is 1. The van der Waals surface area contributed by atoms with E-state index in [0.717, 1.165) is 0 Å². The van der Waals surface area contributed by atoms with Crippen LogP contribution < -0.4 is 16.0 Å². The average Bonchev–Trinajstić information content (AvgIpc) is 2.44. The van der Waals surface area contributed by atoms with Crippen molar-refractivity contribution in [2.45, 2.75) is 20.8 Å². The number of anilines is 2. The number of non-ortho nitro benzene ring substituents is 1. The van der Waals surface area contributed by atoms with Gasteiger partial charge in [-0.3, -0.25) is 14.9 Å². The third kappa shape index (κ3) is 4.62. The maximum Gasteiger partial charge on any atom is 0.273 e. The second-order valence-electron chi connectivity index (χ2n) is 5.37. The molecule has 0 aliphatic rings. The maximum atomic E-state index is 11.7. The van der Waals surface area contributed by atoms with E-state index in [4.69, 9.17) is 0 Å². The van der Waals surface area contributed by atoms with Crippen LogP contribution in [0.5, 0.6) is 0 Å². The van der Waals surface area contributed by atoms with Crippen LogP contribution in [-0.4, -0.2) is 31.0 Å². The molecule has 1 aromatic rings. The smallest absolute Gasteiger partial charge is 0.273 e. The van der Waals surface area contributed by atoms with Crippen LogP contribution in [0.4, 0.5) is 17.1 Å². The summed E-state index contributed by atoms with van der Waals surface area (Å²) < 4.78 is 0. The lowest BCUT2D eigenvalue weighted by Crippen LogP contribution is -2.39. The Morgan fingerprint density at radius 3 is 2.29 bits per heavy atom. The minimum atomic E-state index is -0.613. The SMILES string of the molecule is CCNc1cc(NCC(C)(C)C(=O)NC)cc([N+](=O)[O-])c1. The van der Waals surface area contributed by atoms with Crippen molar-refractivity contribution in [1.82, 2.24) is 5.32 Å². The van der Waals surface area contributed by atoms with Gasteiger partial charge in [-0.1, -0.05) is 0 Å². The summed E-state index contributed by atoms with van der Waals surface area (Å²) in [5.74, 6) is -0.0904. The Hall–Kier alpha value is -2.31. The van der Waals surface area contributed by atoms with Crippen molar-refractivity contribution >= 4 is 23.0 Å². The molecule has 7 heteroatoms. The number of carbonyl (C=O) groups is 1. The highest BCUT2D eigenvalue weighted by molar-refractivity contribution is 5.82. The van der Waals surface area contributed by atoms with Gasteiger partial charge in [0.1, 0.15) is 0 Å². The van der Waals surface area contributed by atoms with E-state index >= 15 is 0 Å². The number of hydrogen-bond acceptors (Lipinski definition) is 5. The number of rotatable bonds is 7. The molecule has 1 amide bonds. The molecule has 0 aliphatic carbocycles. The Kier molecular flexibility index (Phi) is 5.52. The van der Waals surface area contributed by atoms with Gasteiger partial charge >= 0.3 is 0 Å². The predicted octanol–water partition coefficient (Wildman–Crippen LogP) is 2.21. The summed E-state index contributed by atoms with van der Waals surface area (Å²) >= 11 is 0. The lowest BCUT2D eigenvalue weighted by molar-refractivity contribution is -0.384. The summed E-state index contributed by atoms with van der Waals surface area (Å²) in [5, 5.41) is 19.7. The first-order chi connectivity index (χ1) is 9.80. The Bertz CT molecular complexity index is 529. The Morgan fingerprint density at radius 1 is 1.24 bits per heavy atom. The zero-order chi connectivity index (χ0) is 16.0. The van der Waals surface area contributed by atoms with Crippen LogP contribution in [0.15, 0.2) is 18.2 Å². The highest BCUT2D eigenvalue weighted by atomic mass is 16.6. The molecule has 0 saturated heterocycles. The molecule has 0 radical (unpaired) electrons. The third-order valence-corrected chi connectivity index (χ3v) is 3.09. The molecule has 0 unspecified atom stereocenters. The average molecular weight is 294 g/mol. The first kappa shape index (κ1) is 16.7. The second kappa shape index (κ2) is 6.92. The number of nitrogens with one attached hydrogen (secondary N) is 3. The molecule has 0 bridgehead atoms. The molecule has 0 saturated carbocycles. The van der Waals surface area contributed by atoms with Crippen LogP contribution in [0.2, 0.25) is 0 Å². The van der Waals surface area contributed by atoms with Gasteiger partial charge in [0.05, 0.1) is 10.3 Å². The molecule has 0 aromatic heterocycles. The fraction of sp³-hybridized carbons (Fsp3) is 0.500. The van der Waals surface area contributed by atoms with Gasteiger partial charge in [-0.05, 0) is 26.8 Å². The van der Waals surface area contributed by atoms with Crippen molar-refractivity contribution in [1.29, 1.82) is 0 Å². The highest BCUT2D eigenvalue weighted by Gasteiger charge is 2.26. The largest absolute Gasteiger partial charge is 0.385 e. The highest BCUT2D eigenvalue weighted by Crippen LogP contribution is 2.25. The standard InChI is InChI=1S/C14H22N4O3/c1-5-16-10-6-11(8-12(7-10)18(20)21)17-9-14(2,3)13(19)15-4/h6-8,16-17H,5,9H2,1-4H3,(H,15,19). The molecule has 0 aliphatic heterocycles. The quantitative estimate of drug-likeness (QED) is 0.529. The van der Waals surface area contributed by atoms with Gasteiger partial charge < -0.3 is 16.0 Å². The van der Waals surface area contributed by atoms with E-state index in [1.54, 1.807) is 27.0 Å². The number of hydrogen-bond donors (Lipinski definition) is 3. The Morgan fingerprint density at radius 2 is 1.81 bits per heavy atom. The van der Waals surface area contributed by atoms with E-state index in [1.807, 2.05) is 6.92 Å².